The fourth-order valence-electron chi connectivity index (χ4n) is 2.23. The molecule has 0 saturated carbocycles. The highest BCUT2D eigenvalue weighted by atomic mass is 19.1. The SMILES string of the molecule is CC#CC(=O)N1CCC(CNCF)(COC)C1. The van der Waals surface area contributed by atoms with E-state index >= 15 is 0 Å². The van der Waals surface area contributed by atoms with Gasteiger partial charge in [-0.25, -0.2) is 4.39 Å². The molecule has 5 heteroatoms. The summed E-state index contributed by atoms with van der Waals surface area (Å²) in [5, 5.41) is 2.69. The number of carbonyl (C=O) groups is 1. The Balaban J connectivity index is 2.62. The second-order valence-electron chi connectivity index (χ2n) is 4.35. The van der Waals surface area contributed by atoms with Crippen LogP contribution in [0.1, 0.15) is 13.3 Å². The first-order valence-corrected chi connectivity index (χ1v) is 5.65. The van der Waals surface area contributed by atoms with E-state index in [1.165, 1.54) is 0 Å². The van der Waals surface area contributed by atoms with E-state index in [4.69, 9.17) is 4.74 Å². The molecule has 0 aliphatic carbocycles. The van der Waals surface area contributed by atoms with E-state index in [0.717, 1.165) is 6.42 Å². The second-order valence-corrected chi connectivity index (χ2v) is 4.35. The van der Waals surface area contributed by atoms with Gasteiger partial charge in [0, 0.05) is 32.2 Å². The molecule has 1 saturated heterocycles. The first-order chi connectivity index (χ1) is 8.17. The fourth-order valence-corrected chi connectivity index (χ4v) is 2.23. The van der Waals surface area contributed by atoms with Crippen molar-refractivity contribution >= 4 is 5.91 Å². The summed E-state index contributed by atoms with van der Waals surface area (Å²) in [5.74, 6) is 4.96. The number of ether oxygens (including phenoxy) is 1. The maximum atomic E-state index is 12.2. The van der Waals surface area contributed by atoms with Gasteiger partial charge in [-0.15, -0.1) is 0 Å². The van der Waals surface area contributed by atoms with Crippen LogP contribution in [0, 0.1) is 17.3 Å². The Morgan fingerprint density at radius 1 is 1.65 bits per heavy atom. The van der Waals surface area contributed by atoms with Gasteiger partial charge in [-0.2, -0.15) is 0 Å². The minimum absolute atomic E-state index is 0.161. The summed E-state index contributed by atoms with van der Waals surface area (Å²) in [6.07, 6.45) is 0.810. The molecule has 0 radical (unpaired) electrons. The largest absolute Gasteiger partial charge is 0.384 e. The van der Waals surface area contributed by atoms with Gasteiger partial charge in [0.05, 0.1) is 6.61 Å². The molecule has 96 valence electrons. The lowest BCUT2D eigenvalue weighted by molar-refractivity contribution is -0.124. The molecular formula is C12H19FN2O2. The minimum atomic E-state index is -0.561. The standard InChI is InChI=1S/C12H19FN2O2/c1-3-4-11(16)15-6-5-12(8-15,9-17-2)7-14-10-13/h14H,5-10H2,1-2H3. The summed E-state index contributed by atoms with van der Waals surface area (Å²) in [4.78, 5) is 13.3. The Kier molecular flexibility index (Phi) is 5.39. The van der Waals surface area contributed by atoms with Crippen molar-refractivity contribution in [3.63, 3.8) is 0 Å². The van der Waals surface area contributed by atoms with E-state index in [2.05, 4.69) is 17.2 Å². The van der Waals surface area contributed by atoms with Gasteiger partial charge in [0.25, 0.3) is 5.91 Å². The fraction of sp³-hybridized carbons (Fsp3) is 0.750. The lowest BCUT2D eigenvalue weighted by Crippen LogP contribution is -2.41. The van der Waals surface area contributed by atoms with Crippen molar-refractivity contribution in [3.05, 3.63) is 0 Å². The van der Waals surface area contributed by atoms with Gasteiger partial charge in [0.15, 0.2) is 0 Å². The number of likely N-dealkylation sites (tertiary alicyclic amines) is 1. The molecule has 4 nitrogen and oxygen atoms in total. The van der Waals surface area contributed by atoms with Crippen molar-refractivity contribution in [2.75, 3.05) is 40.1 Å². The Bertz CT molecular complexity index is 324. The molecule has 1 heterocycles. The number of nitrogens with one attached hydrogen (secondary N) is 1. The molecule has 17 heavy (non-hydrogen) atoms. The van der Waals surface area contributed by atoms with Crippen LogP contribution in [0.5, 0.6) is 0 Å². The monoisotopic (exact) mass is 242 g/mol. The molecule has 1 rings (SSSR count). The molecule has 0 aromatic heterocycles. The summed E-state index contributed by atoms with van der Waals surface area (Å²) >= 11 is 0. The number of methoxy groups -OCH3 is 1. The zero-order chi connectivity index (χ0) is 12.7. The Hall–Kier alpha value is -1.12. The number of nitrogens with zero attached hydrogens (tertiary/aromatic N) is 1. The van der Waals surface area contributed by atoms with Crippen LogP contribution in [0.2, 0.25) is 0 Å². The smallest absolute Gasteiger partial charge is 0.298 e. The van der Waals surface area contributed by atoms with Crippen LogP contribution in [0.4, 0.5) is 4.39 Å². The van der Waals surface area contributed by atoms with E-state index in [-0.39, 0.29) is 11.3 Å². The molecule has 1 amide bonds. The number of halogens is 1. The number of rotatable bonds is 5. The van der Waals surface area contributed by atoms with Gasteiger partial charge >= 0.3 is 0 Å². The number of alkyl halides is 1. The molecule has 1 aliphatic heterocycles. The molecule has 1 unspecified atom stereocenters. The summed E-state index contributed by atoms with van der Waals surface area (Å²) < 4.78 is 17.4. The molecular weight excluding hydrogens is 223 g/mol. The van der Waals surface area contributed by atoms with Crippen molar-refractivity contribution in [2.24, 2.45) is 5.41 Å². The van der Waals surface area contributed by atoms with Gasteiger partial charge in [-0.05, 0) is 19.3 Å². The van der Waals surface area contributed by atoms with Crippen LogP contribution in [-0.4, -0.2) is 51.0 Å². The molecule has 0 aromatic carbocycles. The Labute approximate surface area is 101 Å². The van der Waals surface area contributed by atoms with Gasteiger partial charge in [0.1, 0.15) is 6.80 Å². The third-order valence-electron chi connectivity index (χ3n) is 3.00. The highest BCUT2D eigenvalue weighted by Crippen LogP contribution is 2.30. The van der Waals surface area contributed by atoms with Crippen molar-refractivity contribution in [1.29, 1.82) is 0 Å². The van der Waals surface area contributed by atoms with E-state index < -0.39 is 6.80 Å². The van der Waals surface area contributed by atoms with Crippen LogP contribution in [0.15, 0.2) is 0 Å². The van der Waals surface area contributed by atoms with Gasteiger partial charge < -0.3 is 9.64 Å². The van der Waals surface area contributed by atoms with Crippen LogP contribution in [0.3, 0.4) is 0 Å². The Morgan fingerprint density at radius 3 is 3.00 bits per heavy atom. The summed E-state index contributed by atoms with van der Waals surface area (Å²) in [5.41, 5.74) is -0.189. The highest BCUT2D eigenvalue weighted by molar-refractivity contribution is 5.93. The summed E-state index contributed by atoms with van der Waals surface area (Å²) in [6.45, 7) is 3.34. The molecule has 1 fully saturated rings. The van der Waals surface area contributed by atoms with Crippen molar-refractivity contribution < 1.29 is 13.9 Å². The second kappa shape index (κ2) is 6.58. The van der Waals surface area contributed by atoms with Gasteiger partial charge in [0.2, 0.25) is 0 Å². The third kappa shape index (κ3) is 3.69. The number of hydrogen-bond acceptors (Lipinski definition) is 3. The first-order valence-electron chi connectivity index (χ1n) is 5.65. The quantitative estimate of drug-likeness (QED) is 0.560. The van der Waals surface area contributed by atoms with Crippen LogP contribution >= 0.6 is 0 Å². The van der Waals surface area contributed by atoms with Gasteiger partial charge in [-0.1, -0.05) is 5.92 Å². The van der Waals surface area contributed by atoms with Gasteiger partial charge in [-0.3, -0.25) is 10.1 Å². The first kappa shape index (κ1) is 13.9. The lowest BCUT2D eigenvalue weighted by Gasteiger charge is -2.28. The van der Waals surface area contributed by atoms with E-state index in [1.807, 2.05) is 0 Å². The summed E-state index contributed by atoms with van der Waals surface area (Å²) in [6, 6.07) is 0. The normalized spacial score (nSPS) is 23.4. The Morgan fingerprint density at radius 2 is 2.41 bits per heavy atom. The van der Waals surface area contributed by atoms with Crippen LogP contribution in [-0.2, 0) is 9.53 Å². The molecule has 0 bridgehead atoms. The van der Waals surface area contributed by atoms with E-state index in [9.17, 15) is 9.18 Å². The zero-order valence-electron chi connectivity index (χ0n) is 10.4. The minimum Gasteiger partial charge on any atom is -0.384 e. The number of amides is 1. The average Bonchev–Trinajstić information content (AvgIpc) is 2.72. The molecule has 1 atom stereocenters. The van der Waals surface area contributed by atoms with Crippen LogP contribution < -0.4 is 5.32 Å². The zero-order valence-corrected chi connectivity index (χ0v) is 10.4. The third-order valence-corrected chi connectivity index (χ3v) is 3.00. The average molecular weight is 242 g/mol. The maximum Gasteiger partial charge on any atom is 0.298 e. The summed E-state index contributed by atoms with van der Waals surface area (Å²) in [7, 11) is 1.62. The molecule has 1 aliphatic rings. The maximum absolute atomic E-state index is 12.2. The van der Waals surface area contributed by atoms with Crippen molar-refractivity contribution in [3.8, 4) is 11.8 Å². The number of hydrogen-bond donors (Lipinski definition) is 1. The highest BCUT2D eigenvalue weighted by Gasteiger charge is 2.39. The lowest BCUT2D eigenvalue weighted by atomic mass is 9.88. The molecule has 0 spiro atoms. The van der Waals surface area contributed by atoms with Crippen LogP contribution in [0.25, 0.3) is 0 Å². The predicted octanol–water partition coefficient (Wildman–Crippen LogP) is 0.391. The van der Waals surface area contributed by atoms with Crippen molar-refractivity contribution in [1.82, 2.24) is 10.2 Å². The number of carbonyl (C=O) groups excluding carboxylic acids is 1. The molecule has 1 N–H and O–H groups in total. The molecule has 0 aromatic rings. The predicted molar refractivity (Wildman–Crippen MR) is 62.9 cm³/mol. The topological polar surface area (TPSA) is 41.6 Å². The van der Waals surface area contributed by atoms with E-state index in [1.54, 1.807) is 18.9 Å². The van der Waals surface area contributed by atoms with E-state index in [0.29, 0.717) is 26.2 Å². The van der Waals surface area contributed by atoms with Crippen molar-refractivity contribution in [2.45, 2.75) is 13.3 Å².